The highest BCUT2D eigenvalue weighted by atomic mass is 32.1. The minimum absolute atomic E-state index is 0.0843. The largest absolute Gasteiger partial charge is 0.483 e. The fourth-order valence-electron chi connectivity index (χ4n) is 3.43. The van der Waals surface area contributed by atoms with Crippen LogP contribution in [0.5, 0.6) is 5.75 Å². The van der Waals surface area contributed by atoms with Crippen LogP contribution in [0.25, 0.3) is 0 Å². The van der Waals surface area contributed by atoms with Crippen molar-refractivity contribution in [3.8, 4) is 5.75 Å². The number of rotatable bonds is 5. The summed E-state index contributed by atoms with van der Waals surface area (Å²) in [6, 6.07) is 7.72. The zero-order valence-electron chi connectivity index (χ0n) is 16.1. The Balaban J connectivity index is 1.73. The topological polar surface area (TPSA) is 81.4 Å². The van der Waals surface area contributed by atoms with Crippen LogP contribution in [0.2, 0.25) is 0 Å². The summed E-state index contributed by atoms with van der Waals surface area (Å²) >= 11 is 1.46. The predicted molar refractivity (Wildman–Crippen MR) is 109 cm³/mol. The van der Waals surface area contributed by atoms with Crippen molar-refractivity contribution in [2.75, 3.05) is 11.9 Å². The average molecular weight is 387 g/mol. The first kappa shape index (κ1) is 19.4. The van der Waals surface area contributed by atoms with Crippen LogP contribution >= 0.6 is 11.3 Å². The van der Waals surface area contributed by atoms with Crippen molar-refractivity contribution in [3.05, 3.63) is 45.8 Å². The second-order valence-electron chi connectivity index (χ2n) is 7.86. The van der Waals surface area contributed by atoms with Gasteiger partial charge in [-0.05, 0) is 48.3 Å². The Morgan fingerprint density at radius 3 is 2.59 bits per heavy atom. The van der Waals surface area contributed by atoms with Gasteiger partial charge in [0.15, 0.2) is 6.61 Å². The van der Waals surface area contributed by atoms with Gasteiger partial charge in [0, 0.05) is 4.88 Å². The van der Waals surface area contributed by atoms with Gasteiger partial charge in [-0.25, -0.2) is 0 Å². The van der Waals surface area contributed by atoms with Crippen LogP contribution in [0, 0.1) is 0 Å². The monoisotopic (exact) mass is 386 g/mol. The number of thiophene rings is 1. The van der Waals surface area contributed by atoms with Crippen LogP contribution in [0.3, 0.4) is 0 Å². The molecule has 0 atom stereocenters. The van der Waals surface area contributed by atoms with Crippen LogP contribution in [0.4, 0.5) is 5.00 Å². The predicted octanol–water partition coefficient (Wildman–Crippen LogP) is 4.04. The molecular weight excluding hydrogens is 360 g/mol. The number of ether oxygens (including phenoxy) is 1. The molecule has 0 bridgehead atoms. The van der Waals surface area contributed by atoms with Crippen LogP contribution in [-0.2, 0) is 23.1 Å². The van der Waals surface area contributed by atoms with Gasteiger partial charge in [-0.15, -0.1) is 11.3 Å². The maximum Gasteiger partial charge on any atom is 0.262 e. The number of carbonyl (C=O) groups excluding carboxylic acids is 2. The summed E-state index contributed by atoms with van der Waals surface area (Å²) in [5.74, 6) is -0.0794. The number of amides is 2. The zero-order chi connectivity index (χ0) is 19.6. The van der Waals surface area contributed by atoms with E-state index in [0.717, 1.165) is 41.7 Å². The molecule has 0 fully saturated rings. The van der Waals surface area contributed by atoms with Gasteiger partial charge >= 0.3 is 0 Å². The molecule has 1 aromatic heterocycles. The number of aryl methyl sites for hydroxylation is 1. The van der Waals surface area contributed by atoms with Crippen molar-refractivity contribution in [1.29, 1.82) is 0 Å². The number of hydrogen-bond acceptors (Lipinski definition) is 4. The minimum atomic E-state index is -0.483. The lowest BCUT2D eigenvalue weighted by atomic mass is 9.86. The molecule has 1 heterocycles. The Morgan fingerprint density at radius 1 is 1.19 bits per heavy atom. The maximum atomic E-state index is 12.5. The number of nitrogens with one attached hydrogen (secondary N) is 1. The molecule has 0 aliphatic heterocycles. The summed E-state index contributed by atoms with van der Waals surface area (Å²) in [4.78, 5) is 25.5. The van der Waals surface area contributed by atoms with E-state index < -0.39 is 5.91 Å². The standard InChI is InChI=1S/C21H26N2O3S/c1-21(2,3)14-9-5-6-10-15(14)26-12-17(24)23-20-18(19(22)25)13-8-4-7-11-16(13)27-20/h5-6,9-10H,4,7-8,11-12H2,1-3H3,(H2,22,25)(H,23,24). The lowest BCUT2D eigenvalue weighted by Crippen LogP contribution is -2.23. The third kappa shape index (κ3) is 4.33. The number of nitrogens with two attached hydrogens (primary N) is 1. The Hall–Kier alpha value is -2.34. The highest BCUT2D eigenvalue weighted by molar-refractivity contribution is 7.17. The van der Waals surface area contributed by atoms with Gasteiger partial charge in [0.25, 0.3) is 11.8 Å². The number of para-hydroxylation sites is 1. The fraction of sp³-hybridized carbons (Fsp3) is 0.429. The van der Waals surface area contributed by atoms with Crippen molar-refractivity contribution in [2.24, 2.45) is 5.73 Å². The SMILES string of the molecule is CC(C)(C)c1ccccc1OCC(=O)Nc1sc2c(c1C(N)=O)CCCC2. The second kappa shape index (κ2) is 7.72. The van der Waals surface area contributed by atoms with Gasteiger partial charge in [-0.1, -0.05) is 39.0 Å². The van der Waals surface area contributed by atoms with E-state index in [1.807, 2.05) is 24.3 Å². The van der Waals surface area contributed by atoms with Crippen molar-refractivity contribution in [3.63, 3.8) is 0 Å². The Morgan fingerprint density at radius 2 is 1.89 bits per heavy atom. The van der Waals surface area contributed by atoms with E-state index >= 15 is 0 Å². The van der Waals surface area contributed by atoms with E-state index in [2.05, 4.69) is 26.1 Å². The number of carbonyl (C=O) groups is 2. The molecule has 1 aromatic carbocycles. The first-order valence-corrected chi connectivity index (χ1v) is 10.1. The lowest BCUT2D eigenvalue weighted by molar-refractivity contribution is -0.118. The molecule has 0 spiro atoms. The van der Waals surface area contributed by atoms with E-state index in [1.165, 1.54) is 11.3 Å². The number of fused-ring (bicyclic) bond motifs is 1. The van der Waals surface area contributed by atoms with Gasteiger partial charge in [-0.2, -0.15) is 0 Å². The summed E-state index contributed by atoms with van der Waals surface area (Å²) in [7, 11) is 0. The van der Waals surface area contributed by atoms with Crippen molar-refractivity contribution in [2.45, 2.75) is 51.9 Å². The van der Waals surface area contributed by atoms with Crippen molar-refractivity contribution in [1.82, 2.24) is 0 Å². The van der Waals surface area contributed by atoms with Gasteiger partial charge in [0.2, 0.25) is 0 Å². The van der Waals surface area contributed by atoms with Crippen molar-refractivity contribution >= 4 is 28.2 Å². The first-order valence-electron chi connectivity index (χ1n) is 9.24. The molecule has 0 radical (unpaired) electrons. The summed E-state index contributed by atoms with van der Waals surface area (Å²) < 4.78 is 5.78. The fourth-order valence-corrected chi connectivity index (χ4v) is 4.74. The van der Waals surface area contributed by atoms with Gasteiger partial charge in [0.1, 0.15) is 10.8 Å². The molecule has 1 aliphatic carbocycles. The zero-order valence-corrected chi connectivity index (χ0v) is 16.9. The quantitative estimate of drug-likeness (QED) is 0.814. The number of primary amides is 1. The van der Waals surface area contributed by atoms with E-state index in [-0.39, 0.29) is 17.9 Å². The maximum absolute atomic E-state index is 12.5. The molecule has 2 amide bonds. The Bertz CT molecular complexity index is 865. The van der Waals surface area contributed by atoms with E-state index in [9.17, 15) is 9.59 Å². The van der Waals surface area contributed by atoms with Gasteiger partial charge < -0.3 is 15.8 Å². The molecule has 3 rings (SSSR count). The number of hydrogen-bond donors (Lipinski definition) is 2. The summed E-state index contributed by atoms with van der Waals surface area (Å²) in [5, 5.41) is 3.38. The number of benzene rings is 1. The molecule has 144 valence electrons. The summed E-state index contributed by atoms with van der Waals surface area (Å²) in [5.41, 5.74) is 8.01. The molecule has 0 saturated heterocycles. The van der Waals surface area contributed by atoms with Gasteiger partial charge in [-0.3, -0.25) is 9.59 Å². The molecule has 27 heavy (non-hydrogen) atoms. The molecule has 0 saturated carbocycles. The van der Waals surface area contributed by atoms with Gasteiger partial charge in [0.05, 0.1) is 5.56 Å². The van der Waals surface area contributed by atoms with E-state index in [0.29, 0.717) is 16.3 Å². The molecule has 5 nitrogen and oxygen atoms in total. The molecule has 1 aliphatic rings. The van der Waals surface area contributed by atoms with Crippen molar-refractivity contribution < 1.29 is 14.3 Å². The number of anilines is 1. The van der Waals surface area contributed by atoms with E-state index in [4.69, 9.17) is 10.5 Å². The van der Waals surface area contributed by atoms with Crippen LogP contribution < -0.4 is 15.8 Å². The molecule has 3 N–H and O–H groups in total. The highest BCUT2D eigenvalue weighted by Gasteiger charge is 2.25. The third-order valence-electron chi connectivity index (χ3n) is 4.72. The van der Waals surface area contributed by atoms with Crippen LogP contribution in [0.1, 0.15) is 60.0 Å². The smallest absolute Gasteiger partial charge is 0.262 e. The summed E-state index contributed by atoms with van der Waals surface area (Å²) in [6.45, 7) is 6.19. The van der Waals surface area contributed by atoms with Crippen LogP contribution in [0.15, 0.2) is 24.3 Å². The minimum Gasteiger partial charge on any atom is -0.483 e. The third-order valence-corrected chi connectivity index (χ3v) is 5.93. The molecule has 0 unspecified atom stereocenters. The first-order chi connectivity index (χ1) is 12.8. The Labute approximate surface area is 163 Å². The molecular formula is C21H26N2O3S. The van der Waals surface area contributed by atoms with E-state index in [1.54, 1.807) is 0 Å². The molecule has 6 heteroatoms. The summed E-state index contributed by atoms with van der Waals surface area (Å²) in [6.07, 6.45) is 3.93. The normalized spacial score (nSPS) is 13.7. The average Bonchev–Trinajstić information content (AvgIpc) is 2.97. The van der Waals surface area contributed by atoms with Crippen LogP contribution in [-0.4, -0.2) is 18.4 Å². The Kier molecular flexibility index (Phi) is 5.56. The second-order valence-corrected chi connectivity index (χ2v) is 8.97. The molecule has 2 aromatic rings. The lowest BCUT2D eigenvalue weighted by Gasteiger charge is -2.22. The highest BCUT2D eigenvalue weighted by Crippen LogP contribution is 2.38.